The molecule has 0 amide bonds. The average Bonchev–Trinajstić information content (AvgIpc) is 3.92. The van der Waals surface area contributed by atoms with Crippen LogP contribution in [0.2, 0.25) is 0 Å². The molecule has 1 unspecified atom stereocenters. The number of nitrogens with zero attached hydrogens (tertiary/aromatic N) is 5. The molecule has 0 bridgehead atoms. The summed E-state index contributed by atoms with van der Waals surface area (Å²) < 4.78 is 6.77. The van der Waals surface area contributed by atoms with E-state index in [2.05, 4.69) is 192 Å². The number of rotatable bonds is 6. The van der Waals surface area contributed by atoms with Gasteiger partial charge >= 0.3 is 0 Å². The topological polar surface area (TPSA) is 60.7 Å². The number of para-hydroxylation sites is 2. The van der Waals surface area contributed by atoms with Gasteiger partial charge in [0.1, 0.15) is 12.1 Å². The van der Waals surface area contributed by atoms with Crippen LogP contribution in [0.15, 0.2) is 170 Å². The summed E-state index contributed by atoms with van der Waals surface area (Å²) in [6, 6.07) is 56.4. The predicted molar refractivity (Wildman–Crippen MR) is 250 cm³/mol. The quantitative estimate of drug-likeness (QED) is 0.169. The number of allylic oxidation sites excluding steroid dienone is 2. The number of aromatic nitrogens is 2. The van der Waals surface area contributed by atoms with Crippen LogP contribution in [0.4, 0.5) is 11.4 Å². The molecular formula is C54H37N5S. The lowest BCUT2D eigenvalue weighted by Gasteiger charge is -2.32. The molecule has 6 heteroatoms. The lowest BCUT2D eigenvalue weighted by Crippen LogP contribution is -2.29. The third kappa shape index (κ3) is 5.43. The zero-order valence-electron chi connectivity index (χ0n) is 33.1. The number of fused-ring (bicyclic) bond motifs is 7. The molecule has 0 fully saturated rings. The normalized spacial score (nSPS) is 13.8. The molecule has 10 aromatic rings. The molecule has 7 aromatic carbocycles. The van der Waals surface area contributed by atoms with Crippen molar-refractivity contribution in [3.05, 3.63) is 192 Å². The van der Waals surface area contributed by atoms with Crippen LogP contribution in [-0.2, 0) is 0 Å². The number of nitriles is 2. The van der Waals surface area contributed by atoms with Crippen LogP contribution in [0.3, 0.4) is 0 Å². The Morgan fingerprint density at radius 2 is 1.25 bits per heavy atom. The van der Waals surface area contributed by atoms with E-state index in [1.54, 1.807) is 11.3 Å². The molecule has 0 saturated heterocycles. The van der Waals surface area contributed by atoms with Crippen LogP contribution in [0.25, 0.3) is 75.4 Å². The second kappa shape index (κ2) is 14.0. The van der Waals surface area contributed by atoms with Gasteiger partial charge in [-0.1, -0.05) is 103 Å². The van der Waals surface area contributed by atoms with Crippen LogP contribution < -0.4 is 4.90 Å². The van der Waals surface area contributed by atoms with Crippen molar-refractivity contribution >= 4 is 75.6 Å². The Kier molecular flexibility index (Phi) is 8.30. The maximum atomic E-state index is 11.1. The minimum atomic E-state index is 0.145. The van der Waals surface area contributed by atoms with E-state index in [1.165, 1.54) is 25.7 Å². The maximum Gasteiger partial charge on any atom is 0.101 e. The Morgan fingerprint density at radius 1 is 0.567 bits per heavy atom. The fourth-order valence-corrected chi connectivity index (χ4v) is 10.6. The SMILES string of the molecule is Cc1ccccc1-c1c(C)n(-c2cc(C#N)c(-n3c4ccc(N(c5ccccc5)C5C=CC=CC5)cc4c4cc5c(cc43)sc3ccccc35)cc2C#N)c2ccccc12. The van der Waals surface area contributed by atoms with Gasteiger partial charge in [-0.25, -0.2) is 0 Å². The molecule has 3 aromatic heterocycles. The van der Waals surface area contributed by atoms with Gasteiger partial charge in [0, 0.05) is 59.0 Å². The van der Waals surface area contributed by atoms with Gasteiger partial charge in [-0.3, -0.25) is 0 Å². The summed E-state index contributed by atoms with van der Waals surface area (Å²) >= 11 is 1.78. The molecular weight excluding hydrogens is 751 g/mol. The van der Waals surface area contributed by atoms with Crippen molar-refractivity contribution in [3.8, 4) is 34.6 Å². The van der Waals surface area contributed by atoms with Crippen LogP contribution in [0.5, 0.6) is 0 Å². The van der Waals surface area contributed by atoms with E-state index >= 15 is 0 Å². The van der Waals surface area contributed by atoms with Gasteiger partial charge in [-0.2, -0.15) is 10.5 Å². The highest BCUT2D eigenvalue weighted by Crippen LogP contribution is 2.44. The van der Waals surface area contributed by atoms with Crippen molar-refractivity contribution in [2.45, 2.75) is 26.3 Å². The van der Waals surface area contributed by atoms with E-state index in [4.69, 9.17) is 0 Å². The molecule has 0 N–H and O–H groups in total. The Labute approximate surface area is 351 Å². The molecule has 0 saturated carbocycles. The number of anilines is 2. The molecule has 0 radical (unpaired) electrons. The van der Waals surface area contributed by atoms with Gasteiger partial charge in [-0.05, 0) is 98.1 Å². The highest BCUT2D eigenvalue weighted by Gasteiger charge is 2.25. The molecule has 11 rings (SSSR count). The summed E-state index contributed by atoms with van der Waals surface area (Å²) in [6.45, 7) is 4.25. The summed E-state index contributed by atoms with van der Waals surface area (Å²) in [6.07, 6.45) is 9.64. The van der Waals surface area contributed by atoms with Crippen LogP contribution in [0, 0.1) is 36.5 Å². The molecule has 5 nitrogen and oxygen atoms in total. The van der Waals surface area contributed by atoms with Crippen molar-refractivity contribution < 1.29 is 0 Å². The summed E-state index contributed by atoms with van der Waals surface area (Å²) in [7, 11) is 0. The average molecular weight is 788 g/mol. The summed E-state index contributed by atoms with van der Waals surface area (Å²) in [5.41, 5.74) is 12.0. The Balaban J connectivity index is 1.18. The lowest BCUT2D eigenvalue weighted by atomic mass is 9.98. The first-order chi connectivity index (χ1) is 29.5. The number of thiophene rings is 1. The molecule has 1 aliphatic carbocycles. The Bertz CT molecular complexity index is 3530. The van der Waals surface area contributed by atoms with E-state index in [1.807, 2.05) is 18.2 Å². The van der Waals surface area contributed by atoms with Crippen LogP contribution >= 0.6 is 11.3 Å². The number of hydrogen-bond acceptors (Lipinski definition) is 4. The Hall–Kier alpha value is -7.64. The first-order valence-electron chi connectivity index (χ1n) is 20.2. The molecule has 1 aliphatic rings. The number of benzene rings is 7. The Morgan fingerprint density at radius 3 is 2.02 bits per heavy atom. The van der Waals surface area contributed by atoms with Gasteiger partial charge in [-0.15, -0.1) is 11.3 Å². The molecule has 0 aliphatic heterocycles. The van der Waals surface area contributed by atoms with Gasteiger partial charge < -0.3 is 14.0 Å². The van der Waals surface area contributed by atoms with E-state index in [-0.39, 0.29) is 6.04 Å². The summed E-state index contributed by atoms with van der Waals surface area (Å²) in [4.78, 5) is 2.42. The number of hydrogen-bond donors (Lipinski definition) is 0. The molecule has 0 spiro atoms. The molecule has 60 heavy (non-hydrogen) atoms. The van der Waals surface area contributed by atoms with E-state index < -0.39 is 0 Å². The third-order valence-corrected chi connectivity index (χ3v) is 13.3. The summed E-state index contributed by atoms with van der Waals surface area (Å²) in [5.74, 6) is 0. The highest BCUT2D eigenvalue weighted by molar-refractivity contribution is 7.25. The second-order valence-corrected chi connectivity index (χ2v) is 16.6. The minimum Gasteiger partial charge on any atom is -0.334 e. The standard InChI is InChI=1S/C54H37N5S/c1-34-15-9-10-20-41(34)54-35(2)57(47-23-13-11-22-43(47)54)49-27-37(33-56)50(28-36(49)32-55)59-48-26-25-40(58(38-16-5-3-6-17-38)39-18-7-4-8-19-39)29-44(48)45-30-46-42-21-12-14-24-52(42)60-53(46)31-51(45)59/h3-18,20-31,39H,19H2,1-2H3. The van der Waals surface area contributed by atoms with Gasteiger partial charge in [0.25, 0.3) is 0 Å². The van der Waals surface area contributed by atoms with Crippen molar-refractivity contribution in [3.63, 3.8) is 0 Å². The first kappa shape index (κ1) is 35.5. The molecule has 3 heterocycles. The third-order valence-electron chi connectivity index (χ3n) is 12.2. The minimum absolute atomic E-state index is 0.145. The maximum absolute atomic E-state index is 11.1. The van der Waals surface area contributed by atoms with E-state index in [9.17, 15) is 10.5 Å². The fourth-order valence-electron chi connectivity index (χ4n) is 9.51. The predicted octanol–water partition coefficient (Wildman–Crippen LogP) is 14.1. The van der Waals surface area contributed by atoms with Crippen molar-refractivity contribution in [1.82, 2.24) is 9.13 Å². The monoisotopic (exact) mass is 787 g/mol. The largest absolute Gasteiger partial charge is 0.334 e. The van der Waals surface area contributed by atoms with Crippen molar-refractivity contribution in [2.24, 2.45) is 0 Å². The van der Waals surface area contributed by atoms with Crippen molar-refractivity contribution in [1.29, 1.82) is 10.5 Å². The molecule has 1 atom stereocenters. The van der Waals surface area contributed by atoms with Gasteiger partial charge in [0.05, 0.1) is 45.1 Å². The van der Waals surface area contributed by atoms with Gasteiger partial charge in [0.2, 0.25) is 0 Å². The highest BCUT2D eigenvalue weighted by atomic mass is 32.1. The zero-order valence-corrected chi connectivity index (χ0v) is 33.9. The zero-order chi connectivity index (χ0) is 40.5. The second-order valence-electron chi connectivity index (χ2n) is 15.6. The van der Waals surface area contributed by atoms with Crippen LogP contribution in [-0.4, -0.2) is 15.2 Å². The summed E-state index contributed by atoms with van der Waals surface area (Å²) in [5, 5.41) is 27.8. The lowest BCUT2D eigenvalue weighted by molar-refractivity contribution is 0.785. The van der Waals surface area contributed by atoms with Crippen molar-refractivity contribution in [2.75, 3.05) is 4.90 Å². The van der Waals surface area contributed by atoms with Crippen LogP contribution in [0.1, 0.15) is 28.8 Å². The fraction of sp³-hybridized carbons (Fsp3) is 0.0741. The van der Waals surface area contributed by atoms with E-state index in [0.717, 1.165) is 67.3 Å². The van der Waals surface area contributed by atoms with E-state index in [0.29, 0.717) is 22.5 Å². The molecule has 284 valence electrons. The number of aryl methyl sites for hydroxylation is 1. The first-order valence-corrected chi connectivity index (χ1v) is 21.1. The smallest absolute Gasteiger partial charge is 0.101 e. The van der Waals surface area contributed by atoms with Gasteiger partial charge in [0.15, 0.2) is 0 Å².